The van der Waals surface area contributed by atoms with Crippen molar-refractivity contribution in [2.45, 2.75) is 13.0 Å². The van der Waals surface area contributed by atoms with Crippen molar-refractivity contribution in [3.05, 3.63) is 64.6 Å². The monoisotopic (exact) mass is 426 g/mol. The number of anilines is 1. The van der Waals surface area contributed by atoms with E-state index in [4.69, 9.17) is 9.84 Å². The van der Waals surface area contributed by atoms with E-state index in [1.807, 2.05) is 0 Å². The molecule has 1 unspecified atom stereocenters. The number of hydrogen-bond donors (Lipinski definition) is 2. The van der Waals surface area contributed by atoms with Gasteiger partial charge in [0.05, 0.1) is 16.2 Å². The maximum absolute atomic E-state index is 12.4. The number of hydrogen-bond acceptors (Lipinski definition) is 6. The highest BCUT2D eigenvalue weighted by Crippen LogP contribution is 2.33. The molecule has 1 aliphatic heterocycles. The van der Waals surface area contributed by atoms with Gasteiger partial charge in [0.1, 0.15) is 5.75 Å². The van der Waals surface area contributed by atoms with Gasteiger partial charge >= 0.3 is 11.9 Å². The third-order valence-corrected chi connectivity index (χ3v) is 5.27. The zero-order valence-corrected chi connectivity index (χ0v) is 16.9. The van der Waals surface area contributed by atoms with E-state index in [1.165, 1.54) is 13.0 Å². The van der Waals surface area contributed by atoms with E-state index in [0.29, 0.717) is 27.1 Å². The molecule has 1 atom stereocenters. The number of thioether (sulfide) groups is 1. The minimum Gasteiger partial charge on any atom is -0.479 e. The lowest BCUT2D eigenvalue weighted by Crippen LogP contribution is -2.24. The lowest BCUT2D eigenvalue weighted by molar-refractivity contribution is -0.144. The molecule has 0 spiro atoms. The second kappa shape index (κ2) is 8.83. The third kappa shape index (κ3) is 4.69. The summed E-state index contributed by atoms with van der Waals surface area (Å²) in [4.78, 5) is 40.7. The molecular weight excluding hydrogens is 408 g/mol. The van der Waals surface area contributed by atoms with Crippen molar-refractivity contribution >= 4 is 46.5 Å². The van der Waals surface area contributed by atoms with Crippen LogP contribution in [0.3, 0.4) is 0 Å². The van der Waals surface area contributed by atoms with Gasteiger partial charge in [0.2, 0.25) is 0 Å². The Morgan fingerprint density at radius 1 is 1.17 bits per heavy atom. The maximum atomic E-state index is 12.4. The molecule has 0 fully saturated rings. The number of amides is 1. The second-order valence-corrected chi connectivity index (χ2v) is 7.37. The number of aliphatic carboxylic acids is 1. The van der Waals surface area contributed by atoms with Gasteiger partial charge in [0, 0.05) is 7.05 Å². The van der Waals surface area contributed by atoms with Crippen LogP contribution >= 0.6 is 11.8 Å². The number of aromatic carboxylic acids is 1. The first-order chi connectivity index (χ1) is 14.3. The molecule has 0 saturated carbocycles. The Kier molecular flexibility index (Phi) is 6.22. The van der Waals surface area contributed by atoms with E-state index in [-0.39, 0.29) is 5.56 Å². The van der Waals surface area contributed by atoms with Crippen molar-refractivity contribution in [3.8, 4) is 5.75 Å². The van der Waals surface area contributed by atoms with E-state index in [9.17, 15) is 19.5 Å². The number of carbonyl (C=O) groups excluding carboxylic acids is 1. The van der Waals surface area contributed by atoms with Crippen molar-refractivity contribution in [1.82, 2.24) is 0 Å². The summed E-state index contributed by atoms with van der Waals surface area (Å²) in [6.45, 7) is 1.43. The molecule has 0 saturated heterocycles. The number of nitrogens with zero attached hydrogens (tertiary/aromatic N) is 2. The largest absolute Gasteiger partial charge is 0.479 e. The van der Waals surface area contributed by atoms with Crippen molar-refractivity contribution in [3.63, 3.8) is 0 Å². The summed E-state index contributed by atoms with van der Waals surface area (Å²) in [6.07, 6.45) is 0.618. The van der Waals surface area contributed by atoms with Crippen LogP contribution in [0, 0.1) is 0 Å². The van der Waals surface area contributed by atoms with Gasteiger partial charge in [-0.1, -0.05) is 24.3 Å². The SMILES string of the molecule is CC(Oc1cccc(/C=C2\SC(N(C)c3ccccc3C(=O)O)=NC2=O)c1)C(=O)O. The van der Waals surface area contributed by atoms with Gasteiger partial charge in [-0.25, -0.2) is 9.59 Å². The topological polar surface area (TPSA) is 116 Å². The predicted octanol–water partition coefficient (Wildman–Crippen LogP) is 3.34. The summed E-state index contributed by atoms with van der Waals surface area (Å²) in [5.41, 5.74) is 1.17. The summed E-state index contributed by atoms with van der Waals surface area (Å²) < 4.78 is 5.35. The Labute approximate surface area is 176 Å². The van der Waals surface area contributed by atoms with Crippen LogP contribution in [0.1, 0.15) is 22.8 Å². The maximum Gasteiger partial charge on any atom is 0.344 e. The molecule has 0 aromatic heterocycles. The fraction of sp³-hybridized carbons (Fsp3) is 0.143. The van der Waals surface area contributed by atoms with Gasteiger partial charge in [-0.3, -0.25) is 4.79 Å². The Balaban J connectivity index is 1.80. The van der Waals surface area contributed by atoms with Crippen LogP contribution in [-0.4, -0.2) is 46.4 Å². The number of para-hydroxylation sites is 1. The van der Waals surface area contributed by atoms with Crippen LogP contribution in [-0.2, 0) is 9.59 Å². The molecule has 0 radical (unpaired) electrons. The van der Waals surface area contributed by atoms with E-state index in [1.54, 1.807) is 60.5 Å². The van der Waals surface area contributed by atoms with Crippen molar-refractivity contribution in [1.29, 1.82) is 0 Å². The number of carboxylic acid groups (broad SMARTS) is 2. The highest BCUT2D eigenvalue weighted by atomic mass is 32.2. The van der Waals surface area contributed by atoms with Crippen molar-refractivity contribution in [2.24, 2.45) is 4.99 Å². The fourth-order valence-corrected chi connectivity index (χ4v) is 3.56. The van der Waals surface area contributed by atoms with E-state index in [2.05, 4.69) is 4.99 Å². The first kappa shape index (κ1) is 21.1. The number of aliphatic imine (C=N–C) groups is 1. The smallest absolute Gasteiger partial charge is 0.344 e. The van der Waals surface area contributed by atoms with Gasteiger partial charge < -0.3 is 19.8 Å². The standard InChI is InChI=1S/C21H18N2O6S/c1-12(19(25)26)29-14-7-5-6-13(10-14)11-17-18(24)22-21(30-17)23(2)16-9-4-3-8-15(16)20(27)28/h3-12H,1-2H3,(H,25,26)(H,27,28)/b17-11-. The molecule has 2 aromatic rings. The quantitative estimate of drug-likeness (QED) is 0.676. The molecule has 0 bridgehead atoms. The lowest BCUT2D eigenvalue weighted by Gasteiger charge is -2.19. The molecule has 1 aliphatic rings. The van der Waals surface area contributed by atoms with E-state index < -0.39 is 23.9 Å². The summed E-state index contributed by atoms with van der Waals surface area (Å²) in [5.74, 6) is -2.23. The first-order valence-corrected chi connectivity index (χ1v) is 9.66. The molecule has 0 aliphatic carbocycles. The van der Waals surface area contributed by atoms with Gasteiger partial charge in [-0.2, -0.15) is 4.99 Å². The Morgan fingerprint density at radius 3 is 2.60 bits per heavy atom. The summed E-state index contributed by atoms with van der Waals surface area (Å²) in [5, 5.41) is 18.7. The minimum atomic E-state index is -1.08. The zero-order chi connectivity index (χ0) is 21.8. The van der Waals surface area contributed by atoms with E-state index >= 15 is 0 Å². The van der Waals surface area contributed by atoms with Crippen molar-refractivity contribution < 1.29 is 29.3 Å². The summed E-state index contributed by atoms with van der Waals surface area (Å²) in [7, 11) is 1.64. The summed E-state index contributed by atoms with van der Waals surface area (Å²) in [6, 6.07) is 13.2. The molecule has 30 heavy (non-hydrogen) atoms. The minimum absolute atomic E-state index is 0.102. The van der Waals surface area contributed by atoms with Crippen LogP contribution in [0.15, 0.2) is 58.4 Å². The number of carbonyl (C=O) groups is 3. The van der Waals surface area contributed by atoms with Crippen LogP contribution in [0.2, 0.25) is 0 Å². The zero-order valence-electron chi connectivity index (χ0n) is 16.1. The van der Waals surface area contributed by atoms with Gasteiger partial charge in [0.25, 0.3) is 5.91 Å². The average molecular weight is 426 g/mol. The van der Waals surface area contributed by atoms with Crippen LogP contribution in [0.25, 0.3) is 6.08 Å². The lowest BCUT2D eigenvalue weighted by atomic mass is 10.1. The number of carboxylic acids is 2. The predicted molar refractivity (Wildman–Crippen MR) is 114 cm³/mol. The molecular formula is C21H18N2O6S. The molecule has 2 aromatic carbocycles. The number of rotatable bonds is 6. The van der Waals surface area contributed by atoms with Gasteiger partial charge in [-0.15, -0.1) is 0 Å². The highest BCUT2D eigenvalue weighted by Gasteiger charge is 2.27. The molecule has 1 amide bonds. The van der Waals surface area contributed by atoms with Crippen LogP contribution in [0.4, 0.5) is 5.69 Å². The fourth-order valence-electron chi connectivity index (χ4n) is 2.68. The first-order valence-electron chi connectivity index (χ1n) is 8.84. The summed E-state index contributed by atoms with van der Waals surface area (Å²) >= 11 is 1.12. The molecule has 154 valence electrons. The molecule has 9 heteroatoms. The average Bonchev–Trinajstić information content (AvgIpc) is 3.07. The van der Waals surface area contributed by atoms with Crippen molar-refractivity contribution in [2.75, 3.05) is 11.9 Å². The third-order valence-electron chi connectivity index (χ3n) is 4.21. The Bertz CT molecular complexity index is 1080. The van der Waals surface area contributed by atoms with E-state index in [0.717, 1.165) is 11.8 Å². The molecule has 8 nitrogen and oxygen atoms in total. The number of ether oxygens (including phenoxy) is 1. The second-order valence-electron chi connectivity index (χ2n) is 6.36. The van der Waals surface area contributed by atoms with Gasteiger partial charge in [-0.05, 0) is 54.6 Å². The molecule has 3 rings (SSSR count). The van der Waals surface area contributed by atoms with Crippen LogP contribution < -0.4 is 9.64 Å². The number of amidine groups is 1. The Hall–Kier alpha value is -3.59. The van der Waals surface area contributed by atoms with Crippen LogP contribution in [0.5, 0.6) is 5.75 Å². The molecule has 2 N–H and O–H groups in total. The normalized spacial score (nSPS) is 15.6. The van der Waals surface area contributed by atoms with Gasteiger partial charge in [0.15, 0.2) is 11.3 Å². The molecule has 1 heterocycles. The Morgan fingerprint density at radius 2 is 1.90 bits per heavy atom. The number of benzene rings is 2. The highest BCUT2D eigenvalue weighted by molar-refractivity contribution is 8.18.